The van der Waals surface area contributed by atoms with E-state index in [1.807, 2.05) is 17.6 Å². The monoisotopic (exact) mass is 443 g/mol. The van der Waals surface area contributed by atoms with Crippen LogP contribution in [0.25, 0.3) is 16.5 Å². The molecular weight excluding hydrogens is 418 g/mol. The fourth-order valence-corrected chi connectivity index (χ4v) is 3.85. The summed E-state index contributed by atoms with van der Waals surface area (Å²) < 4.78 is 62.0. The van der Waals surface area contributed by atoms with Crippen molar-refractivity contribution in [2.45, 2.75) is 33.5 Å². The molecule has 0 aliphatic heterocycles. The van der Waals surface area contributed by atoms with Crippen LogP contribution in [0.1, 0.15) is 34.9 Å². The second-order valence-electron chi connectivity index (χ2n) is 7.57. The van der Waals surface area contributed by atoms with E-state index in [2.05, 4.69) is 6.58 Å². The highest BCUT2D eigenvalue weighted by Crippen LogP contribution is 2.38. The Labute approximate surface area is 185 Å². The van der Waals surface area contributed by atoms with E-state index in [0.29, 0.717) is 39.9 Å². The number of hydrogen-bond donors (Lipinski definition) is 0. The quantitative estimate of drug-likeness (QED) is 0.218. The highest BCUT2D eigenvalue weighted by Gasteiger charge is 2.31. The first kappa shape index (κ1) is 23.4. The Kier molecular flexibility index (Phi) is 6.63. The first-order valence-electron chi connectivity index (χ1n) is 10.1. The van der Waals surface area contributed by atoms with Crippen LogP contribution in [0, 0.1) is 19.7 Å². The van der Waals surface area contributed by atoms with Gasteiger partial charge in [-0.15, -0.1) is 0 Å². The third-order valence-electron chi connectivity index (χ3n) is 5.71. The molecule has 0 spiro atoms. The van der Waals surface area contributed by atoms with E-state index in [9.17, 15) is 17.6 Å². The van der Waals surface area contributed by atoms with Gasteiger partial charge in [0.2, 0.25) is 0 Å². The van der Waals surface area contributed by atoms with Gasteiger partial charge in [0.05, 0.1) is 12.7 Å². The third kappa shape index (κ3) is 4.35. The van der Waals surface area contributed by atoms with Crippen molar-refractivity contribution in [2.24, 2.45) is 0 Å². The summed E-state index contributed by atoms with van der Waals surface area (Å²) in [6, 6.07) is 8.56. The van der Waals surface area contributed by atoms with Crippen LogP contribution in [0.5, 0.6) is 0 Å². The smallest absolute Gasteiger partial charge is 0.416 e. The van der Waals surface area contributed by atoms with E-state index < -0.39 is 11.7 Å². The fraction of sp³-hybridized carbons (Fsp3) is 0.231. The second kappa shape index (κ2) is 9.07. The molecule has 2 aromatic carbocycles. The summed E-state index contributed by atoms with van der Waals surface area (Å²) in [4.78, 5) is 0. The van der Waals surface area contributed by atoms with Crippen molar-refractivity contribution in [3.8, 4) is 0 Å². The Balaban J connectivity index is 2.37. The van der Waals surface area contributed by atoms with Gasteiger partial charge in [0, 0.05) is 34.3 Å². The van der Waals surface area contributed by atoms with Gasteiger partial charge in [0.25, 0.3) is 0 Å². The largest absolute Gasteiger partial charge is 0.501 e. The van der Waals surface area contributed by atoms with Crippen LogP contribution in [-0.2, 0) is 17.5 Å². The zero-order chi connectivity index (χ0) is 23.6. The van der Waals surface area contributed by atoms with Crippen LogP contribution in [0.4, 0.5) is 17.6 Å². The van der Waals surface area contributed by atoms with E-state index in [0.717, 1.165) is 23.4 Å². The number of allylic oxidation sites excluding steroid dienone is 5. The Bertz CT molecular complexity index is 1230. The van der Waals surface area contributed by atoms with Crippen LogP contribution in [0.2, 0.25) is 0 Å². The highest BCUT2D eigenvalue weighted by atomic mass is 19.4. The molecule has 0 aliphatic carbocycles. The van der Waals surface area contributed by atoms with Crippen LogP contribution in [0.15, 0.2) is 67.0 Å². The predicted octanol–water partition coefficient (Wildman–Crippen LogP) is 7.58. The Morgan fingerprint density at radius 1 is 1.16 bits per heavy atom. The molecular formula is C26H25F4NO. The van der Waals surface area contributed by atoms with Crippen LogP contribution in [-0.4, -0.2) is 11.7 Å². The molecule has 3 rings (SSSR count). The maximum atomic E-state index is 14.1. The maximum absolute atomic E-state index is 14.1. The van der Waals surface area contributed by atoms with E-state index >= 15 is 0 Å². The lowest BCUT2D eigenvalue weighted by molar-refractivity contribution is -0.137. The molecule has 0 aliphatic rings. The van der Waals surface area contributed by atoms with Gasteiger partial charge >= 0.3 is 6.18 Å². The number of benzene rings is 2. The maximum Gasteiger partial charge on any atom is 0.416 e. The lowest BCUT2D eigenvalue weighted by Gasteiger charge is -2.13. The summed E-state index contributed by atoms with van der Waals surface area (Å²) in [6.45, 7) is 9.31. The van der Waals surface area contributed by atoms with Crippen molar-refractivity contribution >= 4 is 16.5 Å². The number of rotatable bonds is 6. The molecule has 168 valence electrons. The number of ether oxygens (including phenoxy) is 1. The second-order valence-corrected chi connectivity index (χ2v) is 7.57. The average Bonchev–Trinajstić information content (AvgIpc) is 3.02. The average molecular weight is 443 g/mol. The molecule has 3 aromatic rings. The van der Waals surface area contributed by atoms with E-state index in [4.69, 9.17) is 4.74 Å². The molecule has 0 saturated heterocycles. The van der Waals surface area contributed by atoms with Crippen molar-refractivity contribution in [2.75, 3.05) is 7.11 Å². The van der Waals surface area contributed by atoms with Gasteiger partial charge < -0.3 is 9.30 Å². The Morgan fingerprint density at radius 2 is 1.88 bits per heavy atom. The molecule has 0 fully saturated rings. The summed E-state index contributed by atoms with van der Waals surface area (Å²) in [5.74, 6) is 0.241. The molecule has 0 unspecified atom stereocenters. The number of fused-ring (bicyclic) bond motifs is 1. The van der Waals surface area contributed by atoms with Crippen molar-refractivity contribution in [3.63, 3.8) is 0 Å². The first-order valence-corrected chi connectivity index (χ1v) is 10.1. The standard InChI is InChI=1S/C26H25F4NO/c1-6-7-10-21(18(4)32-5)25-17(3)31(15-19-9-8-11-23(27)16(19)2)24-13-12-20(14-22(24)25)26(28,29)30/h6-14H,1,15H2,2-5H3/b10-7-,21-18-. The van der Waals surface area contributed by atoms with Gasteiger partial charge in [0.15, 0.2) is 0 Å². The molecule has 6 heteroatoms. The topological polar surface area (TPSA) is 14.2 Å². The highest BCUT2D eigenvalue weighted by molar-refractivity contribution is 5.98. The third-order valence-corrected chi connectivity index (χ3v) is 5.71. The minimum absolute atomic E-state index is 0.319. The summed E-state index contributed by atoms with van der Waals surface area (Å²) >= 11 is 0. The van der Waals surface area contributed by atoms with Crippen LogP contribution >= 0.6 is 0 Å². The minimum Gasteiger partial charge on any atom is -0.501 e. The van der Waals surface area contributed by atoms with Crippen molar-refractivity contribution in [3.05, 3.63) is 101 Å². The lowest BCUT2D eigenvalue weighted by atomic mass is 9.99. The zero-order valence-electron chi connectivity index (χ0n) is 18.5. The zero-order valence-corrected chi connectivity index (χ0v) is 18.5. The summed E-state index contributed by atoms with van der Waals surface area (Å²) in [6.07, 6.45) is 0.600. The predicted molar refractivity (Wildman–Crippen MR) is 121 cm³/mol. The van der Waals surface area contributed by atoms with Crippen molar-refractivity contribution in [1.82, 2.24) is 4.57 Å². The van der Waals surface area contributed by atoms with Crippen LogP contribution in [0.3, 0.4) is 0 Å². The number of halogens is 4. The minimum atomic E-state index is -4.47. The van der Waals surface area contributed by atoms with Crippen molar-refractivity contribution in [1.29, 1.82) is 0 Å². The van der Waals surface area contributed by atoms with Crippen LogP contribution < -0.4 is 0 Å². The van der Waals surface area contributed by atoms with Gasteiger partial charge in [-0.05, 0) is 56.2 Å². The summed E-state index contributed by atoms with van der Waals surface area (Å²) in [5.41, 5.74) is 3.21. The van der Waals surface area contributed by atoms with Crippen molar-refractivity contribution < 1.29 is 22.3 Å². The van der Waals surface area contributed by atoms with E-state index in [1.54, 1.807) is 38.1 Å². The first-order chi connectivity index (χ1) is 15.1. The van der Waals surface area contributed by atoms with E-state index in [-0.39, 0.29) is 5.82 Å². The van der Waals surface area contributed by atoms with Gasteiger partial charge in [0.1, 0.15) is 11.6 Å². The molecule has 32 heavy (non-hydrogen) atoms. The van der Waals surface area contributed by atoms with Gasteiger partial charge in [-0.3, -0.25) is 0 Å². The summed E-state index contributed by atoms with van der Waals surface area (Å²) in [5, 5.41) is 0.450. The normalized spacial score (nSPS) is 13.0. The number of hydrogen-bond acceptors (Lipinski definition) is 1. The number of nitrogens with zero attached hydrogens (tertiary/aromatic N) is 1. The molecule has 1 heterocycles. The van der Waals surface area contributed by atoms with Gasteiger partial charge in [-0.1, -0.05) is 36.9 Å². The number of aromatic nitrogens is 1. The lowest BCUT2D eigenvalue weighted by Crippen LogP contribution is -2.06. The van der Waals surface area contributed by atoms with Gasteiger partial charge in [-0.25, -0.2) is 4.39 Å². The number of methoxy groups -OCH3 is 1. The SMILES string of the molecule is C=C/C=C\C(=C(/C)OC)c1c(C)n(Cc2cccc(F)c2C)c2ccc(C(F)(F)F)cc12. The molecule has 1 aromatic heterocycles. The summed E-state index contributed by atoms with van der Waals surface area (Å²) in [7, 11) is 1.52. The molecule has 0 saturated carbocycles. The fourth-order valence-electron chi connectivity index (χ4n) is 3.85. The van der Waals surface area contributed by atoms with E-state index in [1.165, 1.54) is 19.2 Å². The Hall–Kier alpha value is -3.28. The Morgan fingerprint density at radius 3 is 2.50 bits per heavy atom. The number of alkyl halides is 3. The van der Waals surface area contributed by atoms with Gasteiger partial charge in [-0.2, -0.15) is 13.2 Å². The molecule has 0 atom stereocenters. The molecule has 0 bridgehead atoms. The molecule has 0 radical (unpaired) electrons. The molecule has 0 N–H and O–H groups in total. The molecule has 0 amide bonds. The molecule has 2 nitrogen and oxygen atoms in total.